The van der Waals surface area contributed by atoms with E-state index in [0.717, 1.165) is 61.4 Å². The van der Waals surface area contributed by atoms with Crippen LogP contribution in [0.4, 0.5) is 11.4 Å². The molecule has 3 heterocycles. The maximum atomic E-state index is 6.82. The van der Waals surface area contributed by atoms with Gasteiger partial charge < -0.3 is 9.32 Å². The lowest BCUT2D eigenvalue weighted by Gasteiger charge is -2.30. The number of furan rings is 1. The van der Waals surface area contributed by atoms with Crippen molar-refractivity contribution in [3.8, 4) is 78.7 Å². The minimum atomic E-state index is 0.0584. The molecule has 2 aromatic heterocycles. The maximum absolute atomic E-state index is 6.82. The van der Waals surface area contributed by atoms with Crippen LogP contribution in [0.2, 0.25) is 0 Å². The van der Waals surface area contributed by atoms with Crippen molar-refractivity contribution in [1.82, 2.24) is 15.0 Å². The third-order valence-corrected chi connectivity index (χ3v) is 13.5. The van der Waals surface area contributed by atoms with Gasteiger partial charge in [0.25, 0.3) is 0 Å². The molecule has 0 saturated heterocycles. The molecule has 0 amide bonds. The molecule has 0 fully saturated rings. The third kappa shape index (κ3) is 7.00. The Bertz CT molecular complexity index is 3590. The summed E-state index contributed by atoms with van der Waals surface area (Å²) in [5.41, 5.74) is 17.6. The van der Waals surface area contributed by atoms with Gasteiger partial charge in [-0.15, -0.1) is 0 Å². The molecule has 5 heteroatoms. The number of para-hydroxylation sites is 1. The van der Waals surface area contributed by atoms with E-state index in [-0.39, 0.29) is 12.0 Å². The Labute approximate surface area is 395 Å². The molecule has 0 N–H and O–H groups in total. The van der Waals surface area contributed by atoms with Crippen LogP contribution in [0.15, 0.2) is 241 Å². The fourth-order valence-corrected chi connectivity index (χ4v) is 10.2. The van der Waals surface area contributed by atoms with Crippen molar-refractivity contribution >= 4 is 28.4 Å². The van der Waals surface area contributed by atoms with Gasteiger partial charge in [0.05, 0.1) is 6.04 Å². The van der Waals surface area contributed by atoms with Crippen LogP contribution in [0.25, 0.3) is 95.7 Å². The predicted octanol–water partition coefficient (Wildman–Crippen LogP) is 16.0. The molecular weight excluding hydrogens is 829 g/mol. The van der Waals surface area contributed by atoms with Crippen molar-refractivity contribution in [1.29, 1.82) is 0 Å². The van der Waals surface area contributed by atoms with Crippen LogP contribution in [0.1, 0.15) is 22.8 Å². The molecule has 13 rings (SSSR count). The van der Waals surface area contributed by atoms with Crippen molar-refractivity contribution in [2.75, 3.05) is 4.90 Å². The molecule has 11 aromatic rings. The van der Waals surface area contributed by atoms with Gasteiger partial charge in [-0.1, -0.05) is 200 Å². The first kappa shape index (κ1) is 39.4. The lowest BCUT2D eigenvalue weighted by Crippen LogP contribution is -2.30. The van der Waals surface area contributed by atoms with E-state index in [2.05, 4.69) is 235 Å². The molecule has 2 unspecified atom stereocenters. The van der Waals surface area contributed by atoms with Crippen molar-refractivity contribution in [2.45, 2.75) is 12.0 Å². The number of anilines is 2. The molecule has 0 radical (unpaired) electrons. The molecule has 2 aliphatic rings. The minimum Gasteiger partial charge on any atom is -0.456 e. The Morgan fingerprint density at radius 2 is 0.809 bits per heavy atom. The molecule has 9 aromatic carbocycles. The van der Waals surface area contributed by atoms with Gasteiger partial charge in [-0.2, -0.15) is 0 Å². The monoisotopic (exact) mass is 870 g/mol. The number of nitrogens with zero attached hydrogens (tertiary/aromatic N) is 4. The average Bonchev–Trinajstić information content (AvgIpc) is 3.97. The zero-order valence-corrected chi connectivity index (χ0v) is 36.9. The zero-order valence-electron chi connectivity index (χ0n) is 36.9. The summed E-state index contributed by atoms with van der Waals surface area (Å²) < 4.78 is 6.82. The first-order valence-corrected chi connectivity index (χ1v) is 23.2. The van der Waals surface area contributed by atoms with Gasteiger partial charge in [-0.25, -0.2) is 15.0 Å². The summed E-state index contributed by atoms with van der Waals surface area (Å²) in [5, 5.41) is 1.09. The summed E-state index contributed by atoms with van der Waals surface area (Å²) in [6.07, 6.45) is 4.48. The number of hydrogen-bond acceptors (Lipinski definition) is 5. The van der Waals surface area contributed by atoms with E-state index in [1.54, 1.807) is 0 Å². The van der Waals surface area contributed by atoms with Crippen molar-refractivity contribution in [2.24, 2.45) is 0 Å². The van der Waals surface area contributed by atoms with Crippen LogP contribution in [0, 0.1) is 0 Å². The quantitative estimate of drug-likeness (QED) is 0.152. The molecule has 68 heavy (non-hydrogen) atoms. The molecular formula is C63H42N4O. The van der Waals surface area contributed by atoms with E-state index >= 15 is 0 Å². The first-order valence-electron chi connectivity index (χ1n) is 23.2. The molecule has 0 saturated carbocycles. The number of fused-ring (bicyclic) bond motifs is 7. The van der Waals surface area contributed by atoms with Crippen LogP contribution in [-0.2, 0) is 0 Å². The van der Waals surface area contributed by atoms with Crippen LogP contribution in [0.3, 0.4) is 0 Å². The van der Waals surface area contributed by atoms with Gasteiger partial charge in [-0.3, -0.25) is 0 Å². The van der Waals surface area contributed by atoms with Crippen LogP contribution < -0.4 is 4.90 Å². The summed E-state index contributed by atoms with van der Waals surface area (Å²) in [6, 6.07) is 81.4. The fraction of sp³-hybridized carbons (Fsp3) is 0.0317. The van der Waals surface area contributed by atoms with E-state index in [4.69, 9.17) is 19.4 Å². The van der Waals surface area contributed by atoms with Gasteiger partial charge in [-0.05, 0) is 92.5 Å². The van der Waals surface area contributed by atoms with Gasteiger partial charge in [0.2, 0.25) is 0 Å². The van der Waals surface area contributed by atoms with Gasteiger partial charge in [0, 0.05) is 44.9 Å². The highest BCUT2D eigenvalue weighted by atomic mass is 16.3. The standard InChI is InChI=1S/C63H42N4O/c1-4-15-41(16-5-1)44-29-31-45(32-30-44)48-23-14-26-52(39-48)67-55-28-11-10-27-53(55)59-56(67)35-36-57-60(59)54-34-33-51(40-58(54)68-57)63-65-61(49-24-12-21-46(37-49)42-17-6-2-7-18-42)64-62(66-63)50-25-13-22-47(38-50)43-19-8-3-9-20-43/h1-40,56,59H. The molecule has 5 nitrogen and oxygen atoms in total. The maximum Gasteiger partial charge on any atom is 0.164 e. The van der Waals surface area contributed by atoms with E-state index in [9.17, 15) is 0 Å². The van der Waals surface area contributed by atoms with E-state index in [1.165, 1.54) is 39.1 Å². The van der Waals surface area contributed by atoms with E-state index in [0.29, 0.717) is 17.5 Å². The number of benzene rings is 9. The Morgan fingerprint density at radius 3 is 1.41 bits per heavy atom. The molecule has 1 aliphatic carbocycles. The summed E-state index contributed by atoms with van der Waals surface area (Å²) in [4.78, 5) is 18.0. The Morgan fingerprint density at radius 1 is 0.368 bits per heavy atom. The second-order valence-electron chi connectivity index (χ2n) is 17.5. The van der Waals surface area contributed by atoms with Crippen LogP contribution in [0.5, 0.6) is 0 Å². The van der Waals surface area contributed by atoms with E-state index < -0.39 is 0 Å². The largest absolute Gasteiger partial charge is 0.456 e. The van der Waals surface area contributed by atoms with Gasteiger partial charge >= 0.3 is 0 Å². The first-order chi connectivity index (χ1) is 33.7. The van der Waals surface area contributed by atoms with Crippen LogP contribution >= 0.6 is 0 Å². The lowest BCUT2D eigenvalue weighted by atomic mass is 9.82. The normalized spacial score (nSPS) is 14.7. The second kappa shape index (κ2) is 16.5. The highest BCUT2D eigenvalue weighted by molar-refractivity contribution is 5.93. The average molecular weight is 871 g/mol. The molecule has 0 bridgehead atoms. The second-order valence-corrected chi connectivity index (χ2v) is 17.5. The van der Waals surface area contributed by atoms with E-state index in [1.807, 2.05) is 12.1 Å². The van der Waals surface area contributed by atoms with Gasteiger partial charge in [0.15, 0.2) is 17.5 Å². The van der Waals surface area contributed by atoms with Crippen LogP contribution in [-0.4, -0.2) is 21.0 Å². The molecule has 320 valence electrons. The summed E-state index contributed by atoms with van der Waals surface area (Å²) in [7, 11) is 0. The summed E-state index contributed by atoms with van der Waals surface area (Å²) in [5.74, 6) is 2.74. The Hall–Kier alpha value is -8.93. The summed E-state index contributed by atoms with van der Waals surface area (Å²) in [6.45, 7) is 0. The smallest absolute Gasteiger partial charge is 0.164 e. The Balaban J connectivity index is 0.880. The van der Waals surface area contributed by atoms with Gasteiger partial charge in [0.1, 0.15) is 11.3 Å². The third-order valence-electron chi connectivity index (χ3n) is 13.5. The van der Waals surface area contributed by atoms with Crippen molar-refractivity contribution < 1.29 is 4.42 Å². The van der Waals surface area contributed by atoms with Crippen molar-refractivity contribution in [3.63, 3.8) is 0 Å². The highest BCUT2D eigenvalue weighted by Crippen LogP contribution is 2.54. The molecule has 2 atom stereocenters. The van der Waals surface area contributed by atoms with Crippen molar-refractivity contribution in [3.05, 3.63) is 253 Å². The predicted molar refractivity (Wildman–Crippen MR) is 277 cm³/mol. The number of aromatic nitrogens is 3. The summed E-state index contributed by atoms with van der Waals surface area (Å²) >= 11 is 0. The highest BCUT2D eigenvalue weighted by Gasteiger charge is 2.43. The molecule has 1 aliphatic heterocycles. The topological polar surface area (TPSA) is 55.1 Å². The number of hydrogen-bond donors (Lipinski definition) is 0. The molecule has 0 spiro atoms. The minimum absolute atomic E-state index is 0.0584. The zero-order chi connectivity index (χ0) is 45.0. The SMILES string of the molecule is C1=CC2C(c3ccccc3N2c2cccc(-c3ccc(-c4ccccc4)cc3)c2)c2c1oc1cc(-c3nc(-c4cccc(-c5ccccc5)c4)nc(-c4cccc(-c5ccccc5)c4)n3)ccc21. The Kier molecular flexibility index (Phi) is 9.57. The lowest BCUT2D eigenvalue weighted by molar-refractivity contribution is 0.584. The number of rotatable bonds is 8. The fourth-order valence-electron chi connectivity index (χ4n) is 10.2.